The van der Waals surface area contributed by atoms with Crippen LogP contribution in [0.3, 0.4) is 0 Å². The SMILES string of the molecule is CC1=C(/C=C/C(C)=C\C=C\C(C)=C/C=N/NC(=S)NC(=S)N/N=C/C=C(C)\C=C\C=C(C)/C=C/C2=C(C)CCCC2(C)C)C(C)(C)CCC1. The minimum absolute atomic E-state index is 0.253. The highest BCUT2D eigenvalue weighted by atomic mass is 32.1. The van der Waals surface area contributed by atoms with E-state index in [9.17, 15) is 0 Å². The van der Waals surface area contributed by atoms with Gasteiger partial charge in [-0.1, -0.05) is 111 Å². The maximum absolute atomic E-state index is 5.26. The first-order valence-corrected chi connectivity index (χ1v) is 18.2. The van der Waals surface area contributed by atoms with Crippen LogP contribution >= 0.6 is 24.4 Å². The van der Waals surface area contributed by atoms with Gasteiger partial charge in [-0.2, -0.15) is 10.2 Å². The van der Waals surface area contributed by atoms with E-state index in [1.807, 2.05) is 38.2 Å². The number of hydrazone groups is 2. The van der Waals surface area contributed by atoms with E-state index in [1.54, 1.807) is 12.4 Å². The summed E-state index contributed by atoms with van der Waals surface area (Å²) in [6.07, 6.45) is 36.0. The standard InChI is InChI=1S/C42H59N5S2/c1-31(21-23-37-35(5)19-13-27-41(37,7)8)15-11-17-33(3)25-29-43-46-39(48)45-40(49)47-44-30-26-34(4)18-12-16-32(2)22-24-38-36(6)20-14-28-42(38,9)10/h11-12,15-18,21-26,29-30H,13-14,19-20,27-28H2,1-10H3,(H3,45,46,47,48,49)/b17-11+,18-12+,23-21+,24-22+,31-15-,32-16-,33-25-,34-26-,43-29+,44-30+. The molecule has 0 radical (unpaired) electrons. The van der Waals surface area contributed by atoms with E-state index >= 15 is 0 Å². The molecular formula is C42H59N5S2. The van der Waals surface area contributed by atoms with E-state index in [1.165, 1.54) is 72.0 Å². The zero-order valence-corrected chi connectivity index (χ0v) is 33.2. The molecule has 3 N–H and O–H groups in total. The lowest BCUT2D eigenvalue weighted by molar-refractivity contribution is 0.376. The summed E-state index contributed by atoms with van der Waals surface area (Å²) in [5.41, 5.74) is 16.6. The Morgan fingerprint density at radius 1 is 0.592 bits per heavy atom. The fourth-order valence-electron chi connectivity index (χ4n) is 6.04. The number of nitrogens with one attached hydrogen (secondary N) is 3. The molecule has 0 heterocycles. The summed E-state index contributed by atoms with van der Waals surface area (Å²) >= 11 is 10.5. The molecule has 7 heteroatoms. The Labute approximate surface area is 308 Å². The molecule has 49 heavy (non-hydrogen) atoms. The molecule has 0 aromatic carbocycles. The maximum Gasteiger partial charge on any atom is 0.193 e. The van der Waals surface area contributed by atoms with Gasteiger partial charge in [-0.3, -0.25) is 10.9 Å². The molecule has 2 aliphatic carbocycles. The van der Waals surface area contributed by atoms with Crippen molar-refractivity contribution >= 4 is 47.1 Å². The van der Waals surface area contributed by atoms with Gasteiger partial charge in [0, 0.05) is 12.4 Å². The van der Waals surface area contributed by atoms with Crippen LogP contribution in [-0.4, -0.2) is 22.7 Å². The van der Waals surface area contributed by atoms with Gasteiger partial charge in [0.1, 0.15) is 0 Å². The predicted molar refractivity (Wildman–Crippen MR) is 224 cm³/mol. The third kappa shape index (κ3) is 16.1. The van der Waals surface area contributed by atoms with Gasteiger partial charge in [0.2, 0.25) is 0 Å². The van der Waals surface area contributed by atoms with E-state index in [2.05, 4.69) is 130 Å². The summed E-state index contributed by atoms with van der Waals surface area (Å²) in [5.74, 6) is 0. The number of thiocarbonyl (C=S) groups is 2. The van der Waals surface area contributed by atoms with E-state index in [4.69, 9.17) is 24.4 Å². The van der Waals surface area contributed by atoms with Crippen molar-refractivity contribution in [3.05, 3.63) is 117 Å². The van der Waals surface area contributed by atoms with Gasteiger partial charge < -0.3 is 5.32 Å². The van der Waals surface area contributed by atoms with Gasteiger partial charge in [-0.15, -0.1) is 0 Å². The fraction of sp³-hybridized carbons (Fsp3) is 0.429. The van der Waals surface area contributed by atoms with Crippen LogP contribution in [0.1, 0.15) is 108 Å². The molecule has 0 aromatic rings. The van der Waals surface area contributed by atoms with Crippen molar-refractivity contribution < 1.29 is 0 Å². The van der Waals surface area contributed by atoms with Crippen molar-refractivity contribution in [1.29, 1.82) is 0 Å². The molecule has 0 bridgehead atoms. The highest BCUT2D eigenvalue weighted by Crippen LogP contribution is 2.41. The normalized spacial score (nSPS) is 19.9. The van der Waals surface area contributed by atoms with Crippen LogP contribution < -0.4 is 16.2 Å². The lowest BCUT2D eigenvalue weighted by atomic mass is 9.72. The van der Waals surface area contributed by atoms with Crippen LogP contribution in [0.15, 0.2) is 128 Å². The minimum Gasteiger partial charge on any atom is -0.307 e. The molecule has 2 rings (SSSR count). The van der Waals surface area contributed by atoms with Crippen LogP contribution in [0.2, 0.25) is 0 Å². The van der Waals surface area contributed by atoms with E-state index in [-0.39, 0.29) is 21.1 Å². The quantitative estimate of drug-likeness (QED) is 0.0820. The summed E-state index contributed by atoms with van der Waals surface area (Å²) in [5, 5.41) is 11.7. The van der Waals surface area contributed by atoms with Gasteiger partial charge in [-0.05, 0) is 150 Å². The second-order valence-corrected chi connectivity index (χ2v) is 15.3. The van der Waals surface area contributed by atoms with Gasteiger partial charge in [0.05, 0.1) is 0 Å². The van der Waals surface area contributed by atoms with Gasteiger partial charge in [0.25, 0.3) is 0 Å². The largest absolute Gasteiger partial charge is 0.307 e. The molecule has 0 fully saturated rings. The number of rotatable bonds is 12. The molecule has 264 valence electrons. The molecular weight excluding hydrogens is 639 g/mol. The van der Waals surface area contributed by atoms with Crippen molar-refractivity contribution in [2.45, 2.75) is 108 Å². The van der Waals surface area contributed by atoms with E-state index in [0.717, 1.165) is 11.1 Å². The Morgan fingerprint density at radius 3 is 1.33 bits per heavy atom. The highest BCUT2D eigenvalue weighted by Gasteiger charge is 2.27. The third-order valence-electron chi connectivity index (χ3n) is 8.93. The molecule has 0 aromatic heterocycles. The molecule has 0 saturated heterocycles. The Hall–Kier alpha value is -3.68. The molecule has 5 nitrogen and oxygen atoms in total. The second kappa shape index (κ2) is 20.7. The Balaban J connectivity index is 1.74. The first kappa shape index (κ1) is 41.5. The van der Waals surface area contributed by atoms with Crippen molar-refractivity contribution in [2.75, 3.05) is 0 Å². The van der Waals surface area contributed by atoms with Crippen molar-refractivity contribution in [3.63, 3.8) is 0 Å². The van der Waals surface area contributed by atoms with E-state index in [0.29, 0.717) is 0 Å². The summed E-state index contributed by atoms with van der Waals surface area (Å²) < 4.78 is 0. The molecule has 0 aliphatic heterocycles. The van der Waals surface area contributed by atoms with Crippen LogP contribution in [0.4, 0.5) is 0 Å². The monoisotopic (exact) mass is 697 g/mol. The van der Waals surface area contributed by atoms with Crippen molar-refractivity contribution in [2.24, 2.45) is 21.0 Å². The molecule has 0 amide bonds. The summed E-state index contributed by atoms with van der Waals surface area (Å²) in [4.78, 5) is 0. The van der Waals surface area contributed by atoms with Gasteiger partial charge >= 0.3 is 0 Å². The minimum atomic E-state index is 0.253. The Morgan fingerprint density at radius 2 is 0.959 bits per heavy atom. The first-order valence-electron chi connectivity index (χ1n) is 17.3. The topological polar surface area (TPSA) is 60.8 Å². The zero-order chi connectivity index (χ0) is 36.5. The average molecular weight is 698 g/mol. The van der Waals surface area contributed by atoms with Crippen LogP contribution in [0.5, 0.6) is 0 Å². The number of allylic oxidation sites excluding steroid dienone is 20. The smallest absolute Gasteiger partial charge is 0.193 e. The fourth-order valence-corrected chi connectivity index (χ4v) is 6.41. The van der Waals surface area contributed by atoms with Crippen molar-refractivity contribution in [1.82, 2.24) is 16.2 Å². The Kier molecular flexibility index (Phi) is 17.6. The third-order valence-corrected chi connectivity index (χ3v) is 9.32. The van der Waals surface area contributed by atoms with E-state index < -0.39 is 0 Å². The lowest BCUT2D eigenvalue weighted by Gasteiger charge is -2.33. The van der Waals surface area contributed by atoms with Gasteiger partial charge in [0.15, 0.2) is 10.2 Å². The molecule has 0 unspecified atom stereocenters. The zero-order valence-electron chi connectivity index (χ0n) is 31.5. The van der Waals surface area contributed by atoms with Crippen LogP contribution in [0, 0.1) is 10.8 Å². The molecule has 0 saturated carbocycles. The summed E-state index contributed by atoms with van der Waals surface area (Å²) in [7, 11) is 0. The number of hydrogen-bond donors (Lipinski definition) is 3. The summed E-state index contributed by atoms with van der Waals surface area (Å²) in [6.45, 7) is 22.2. The van der Waals surface area contributed by atoms with Gasteiger partial charge in [-0.25, -0.2) is 0 Å². The Bertz CT molecular complexity index is 1450. The molecule has 0 spiro atoms. The first-order chi connectivity index (χ1) is 23.1. The molecule has 0 atom stereocenters. The van der Waals surface area contributed by atoms with Crippen molar-refractivity contribution in [3.8, 4) is 0 Å². The lowest BCUT2D eigenvalue weighted by Crippen LogP contribution is -2.41. The molecule has 2 aliphatic rings. The summed E-state index contributed by atoms with van der Waals surface area (Å²) in [6, 6.07) is 0. The van der Waals surface area contributed by atoms with Crippen LogP contribution in [-0.2, 0) is 0 Å². The predicted octanol–water partition coefficient (Wildman–Crippen LogP) is 11.4. The maximum atomic E-state index is 5.26. The average Bonchev–Trinajstić information content (AvgIpc) is 3.00. The second-order valence-electron chi connectivity index (χ2n) is 14.5. The van der Waals surface area contributed by atoms with Crippen LogP contribution in [0.25, 0.3) is 0 Å². The number of hydrogen-bond acceptors (Lipinski definition) is 4. The number of nitrogens with zero attached hydrogens (tertiary/aromatic N) is 2. The highest BCUT2D eigenvalue weighted by molar-refractivity contribution is 7.81.